The number of halogens is 2. The third kappa shape index (κ3) is 4.56. The number of anilines is 1. The molecule has 0 aliphatic heterocycles. The maximum absolute atomic E-state index is 11.3. The van der Waals surface area contributed by atoms with Crippen LogP contribution in [0.1, 0.15) is 12.8 Å². The molecule has 94 valence electrons. The van der Waals surface area contributed by atoms with Crippen LogP contribution >= 0.6 is 27.5 Å². The molecule has 1 rings (SSSR count). The first-order chi connectivity index (χ1) is 8.02. The topological polar surface area (TPSA) is 32.3 Å². The van der Waals surface area contributed by atoms with Crippen LogP contribution in [0.3, 0.4) is 0 Å². The van der Waals surface area contributed by atoms with Crippen LogP contribution in [0.15, 0.2) is 22.7 Å². The highest BCUT2D eigenvalue weighted by Gasteiger charge is 2.05. The minimum absolute atomic E-state index is 0.150. The molecule has 0 aliphatic carbocycles. The molecule has 1 aromatic carbocycles. The van der Waals surface area contributed by atoms with Crippen LogP contribution in [0.4, 0.5) is 5.69 Å². The normalized spacial score (nSPS) is 10.1. The Labute approximate surface area is 115 Å². The van der Waals surface area contributed by atoms with Gasteiger partial charge in [0, 0.05) is 32.7 Å². The highest BCUT2D eigenvalue weighted by atomic mass is 79.9. The second kappa shape index (κ2) is 6.87. The number of hydrogen-bond donors (Lipinski definition) is 1. The standard InChI is InChI=1S/C12H16BrClN2O/c1-16(2)11(17)7-4-8-15-10-6-3-5-9(14)12(10)13/h3,5-6,15H,4,7-8H2,1-2H3. The SMILES string of the molecule is CN(C)C(=O)CCCNc1cccc(Cl)c1Br. The van der Waals surface area contributed by atoms with Crippen LogP contribution in [0, 0.1) is 0 Å². The molecule has 0 fully saturated rings. The van der Waals surface area contributed by atoms with E-state index in [2.05, 4.69) is 21.2 Å². The average molecular weight is 320 g/mol. The van der Waals surface area contributed by atoms with Gasteiger partial charge in [-0.1, -0.05) is 17.7 Å². The summed E-state index contributed by atoms with van der Waals surface area (Å²) in [5.74, 6) is 0.150. The molecule has 0 saturated carbocycles. The quantitative estimate of drug-likeness (QED) is 0.844. The zero-order valence-electron chi connectivity index (χ0n) is 9.96. The van der Waals surface area contributed by atoms with Gasteiger partial charge in [-0.15, -0.1) is 0 Å². The fourth-order valence-corrected chi connectivity index (χ4v) is 1.91. The van der Waals surface area contributed by atoms with Gasteiger partial charge in [0.15, 0.2) is 0 Å². The van der Waals surface area contributed by atoms with Crippen molar-refractivity contribution in [2.45, 2.75) is 12.8 Å². The molecule has 0 heterocycles. The summed E-state index contributed by atoms with van der Waals surface area (Å²) in [6.07, 6.45) is 1.36. The lowest BCUT2D eigenvalue weighted by molar-refractivity contribution is -0.128. The molecule has 0 bridgehead atoms. The molecule has 0 aliphatic rings. The molecule has 1 amide bonds. The van der Waals surface area contributed by atoms with Crippen molar-refractivity contribution in [2.24, 2.45) is 0 Å². The van der Waals surface area contributed by atoms with Gasteiger partial charge in [-0.25, -0.2) is 0 Å². The zero-order valence-corrected chi connectivity index (χ0v) is 12.3. The average Bonchev–Trinajstić information content (AvgIpc) is 2.29. The van der Waals surface area contributed by atoms with Gasteiger partial charge in [-0.3, -0.25) is 4.79 Å². The first kappa shape index (κ1) is 14.3. The Kier molecular flexibility index (Phi) is 5.78. The fourth-order valence-electron chi connectivity index (χ4n) is 1.33. The summed E-state index contributed by atoms with van der Waals surface area (Å²) in [5.41, 5.74) is 0.954. The van der Waals surface area contributed by atoms with Crippen LogP contribution < -0.4 is 5.32 Å². The van der Waals surface area contributed by atoms with Crippen molar-refractivity contribution in [3.63, 3.8) is 0 Å². The first-order valence-corrected chi connectivity index (χ1v) is 6.57. The minimum Gasteiger partial charge on any atom is -0.384 e. The molecule has 0 atom stereocenters. The number of amides is 1. The van der Waals surface area contributed by atoms with Crippen molar-refractivity contribution in [2.75, 3.05) is 26.0 Å². The molecule has 17 heavy (non-hydrogen) atoms. The van der Waals surface area contributed by atoms with Crippen molar-refractivity contribution < 1.29 is 4.79 Å². The summed E-state index contributed by atoms with van der Waals surface area (Å²) in [6, 6.07) is 5.66. The molecular weight excluding hydrogens is 304 g/mol. The lowest BCUT2D eigenvalue weighted by atomic mass is 10.2. The Hall–Kier alpha value is -0.740. The van der Waals surface area contributed by atoms with Crippen LogP contribution in [0.5, 0.6) is 0 Å². The van der Waals surface area contributed by atoms with Gasteiger partial charge < -0.3 is 10.2 Å². The highest BCUT2D eigenvalue weighted by Crippen LogP contribution is 2.29. The lowest BCUT2D eigenvalue weighted by Crippen LogP contribution is -2.22. The second-order valence-electron chi connectivity index (χ2n) is 3.92. The fraction of sp³-hybridized carbons (Fsp3) is 0.417. The number of nitrogens with zero attached hydrogens (tertiary/aromatic N) is 1. The molecule has 0 spiro atoms. The number of benzene rings is 1. The molecule has 0 aromatic heterocycles. The maximum Gasteiger partial charge on any atom is 0.222 e. The Morgan fingerprint density at radius 2 is 2.18 bits per heavy atom. The summed E-state index contributed by atoms with van der Waals surface area (Å²) < 4.78 is 0.862. The Bertz CT molecular complexity index is 396. The smallest absolute Gasteiger partial charge is 0.222 e. The van der Waals surface area contributed by atoms with Crippen LogP contribution in [-0.2, 0) is 4.79 Å². The molecule has 1 N–H and O–H groups in total. The van der Waals surface area contributed by atoms with E-state index in [1.807, 2.05) is 18.2 Å². The molecule has 0 radical (unpaired) electrons. The van der Waals surface area contributed by atoms with Crippen LogP contribution in [-0.4, -0.2) is 31.4 Å². The predicted octanol–water partition coefficient (Wildman–Crippen LogP) is 3.38. The highest BCUT2D eigenvalue weighted by molar-refractivity contribution is 9.10. The molecule has 1 aromatic rings. The van der Waals surface area contributed by atoms with E-state index in [-0.39, 0.29) is 5.91 Å². The monoisotopic (exact) mass is 318 g/mol. The van der Waals surface area contributed by atoms with E-state index < -0.39 is 0 Å². The summed E-state index contributed by atoms with van der Waals surface area (Å²) >= 11 is 9.39. The summed E-state index contributed by atoms with van der Waals surface area (Å²) in [5, 5.41) is 3.93. The van der Waals surface area contributed by atoms with E-state index >= 15 is 0 Å². The van der Waals surface area contributed by atoms with E-state index in [1.54, 1.807) is 19.0 Å². The van der Waals surface area contributed by atoms with Crippen molar-refractivity contribution in [1.82, 2.24) is 4.90 Å². The Balaban J connectivity index is 2.36. The first-order valence-electron chi connectivity index (χ1n) is 5.40. The summed E-state index contributed by atoms with van der Waals surface area (Å²) in [4.78, 5) is 12.9. The van der Waals surface area contributed by atoms with E-state index in [1.165, 1.54) is 0 Å². The van der Waals surface area contributed by atoms with E-state index in [0.29, 0.717) is 11.4 Å². The number of carbonyl (C=O) groups excluding carboxylic acids is 1. The van der Waals surface area contributed by atoms with Crippen LogP contribution in [0.2, 0.25) is 5.02 Å². The molecule has 0 unspecified atom stereocenters. The van der Waals surface area contributed by atoms with Crippen molar-refractivity contribution >= 4 is 39.1 Å². The van der Waals surface area contributed by atoms with Gasteiger partial charge >= 0.3 is 0 Å². The summed E-state index contributed by atoms with van der Waals surface area (Å²) in [7, 11) is 3.53. The number of nitrogens with one attached hydrogen (secondary N) is 1. The van der Waals surface area contributed by atoms with Gasteiger partial charge in [0.2, 0.25) is 5.91 Å². The predicted molar refractivity (Wildman–Crippen MR) is 75.6 cm³/mol. The molecule has 3 nitrogen and oxygen atoms in total. The van der Waals surface area contributed by atoms with Gasteiger partial charge in [0.1, 0.15) is 0 Å². The number of rotatable bonds is 5. The Morgan fingerprint density at radius 1 is 1.47 bits per heavy atom. The third-order valence-electron chi connectivity index (χ3n) is 2.33. The molecular formula is C12H16BrClN2O. The van der Waals surface area contributed by atoms with Gasteiger partial charge in [0.25, 0.3) is 0 Å². The van der Waals surface area contributed by atoms with Crippen LogP contribution in [0.25, 0.3) is 0 Å². The largest absolute Gasteiger partial charge is 0.384 e. The zero-order chi connectivity index (χ0) is 12.8. The van der Waals surface area contributed by atoms with E-state index in [0.717, 1.165) is 23.1 Å². The maximum atomic E-state index is 11.3. The minimum atomic E-state index is 0.150. The number of carbonyl (C=O) groups is 1. The number of hydrogen-bond acceptors (Lipinski definition) is 2. The van der Waals surface area contributed by atoms with Gasteiger partial charge in [-0.05, 0) is 34.5 Å². The summed E-state index contributed by atoms with van der Waals surface area (Å²) in [6.45, 7) is 0.749. The molecule has 0 saturated heterocycles. The van der Waals surface area contributed by atoms with Gasteiger partial charge in [0.05, 0.1) is 9.50 Å². The van der Waals surface area contributed by atoms with E-state index in [4.69, 9.17) is 11.6 Å². The van der Waals surface area contributed by atoms with E-state index in [9.17, 15) is 4.79 Å². The van der Waals surface area contributed by atoms with Gasteiger partial charge in [-0.2, -0.15) is 0 Å². The Morgan fingerprint density at radius 3 is 2.82 bits per heavy atom. The molecule has 5 heteroatoms. The van der Waals surface area contributed by atoms with Crippen molar-refractivity contribution in [1.29, 1.82) is 0 Å². The third-order valence-corrected chi connectivity index (χ3v) is 3.73. The second-order valence-corrected chi connectivity index (χ2v) is 5.12. The van der Waals surface area contributed by atoms with Crippen molar-refractivity contribution in [3.05, 3.63) is 27.7 Å². The lowest BCUT2D eigenvalue weighted by Gasteiger charge is -2.11. The van der Waals surface area contributed by atoms with Crippen molar-refractivity contribution in [3.8, 4) is 0 Å².